The van der Waals surface area contributed by atoms with Crippen LogP contribution in [0.5, 0.6) is 5.75 Å². The van der Waals surface area contributed by atoms with Crippen LogP contribution in [0.1, 0.15) is 12.5 Å². The zero-order chi connectivity index (χ0) is 16.3. The Morgan fingerprint density at radius 3 is 2.67 bits per heavy atom. The molecule has 2 N–H and O–H groups in total. The van der Waals surface area contributed by atoms with Crippen molar-refractivity contribution in [1.82, 2.24) is 15.2 Å². The molecule has 132 valence electrons. The molecule has 2 rings (SSSR count). The first-order valence-electron chi connectivity index (χ1n) is 8.10. The van der Waals surface area contributed by atoms with Gasteiger partial charge in [0.25, 0.3) is 0 Å². The van der Waals surface area contributed by atoms with Gasteiger partial charge in [0.05, 0.1) is 13.1 Å². The average molecular weight is 442 g/mol. The van der Waals surface area contributed by atoms with Crippen LogP contribution in [0.25, 0.3) is 0 Å². The Bertz CT molecular complexity index is 599. The smallest absolute Gasteiger partial charge is 0.191 e. The number of hydrogen-bond acceptors (Lipinski definition) is 2. The first-order valence-corrected chi connectivity index (χ1v) is 8.10. The molecule has 1 heterocycles. The monoisotopic (exact) mass is 442 g/mol. The average Bonchev–Trinajstić information content (AvgIpc) is 3.05. The van der Waals surface area contributed by atoms with E-state index in [0.29, 0.717) is 13.2 Å². The van der Waals surface area contributed by atoms with Crippen LogP contribution in [-0.4, -0.2) is 36.8 Å². The highest BCUT2D eigenvalue weighted by molar-refractivity contribution is 14.0. The van der Waals surface area contributed by atoms with Gasteiger partial charge in [0.1, 0.15) is 12.4 Å². The number of nitrogens with one attached hydrogen (secondary N) is 2. The summed E-state index contributed by atoms with van der Waals surface area (Å²) in [6, 6.07) is 12.1. The second-order valence-electron chi connectivity index (χ2n) is 5.27. The summed E-state index contributed by atoms with van der Waals surface area (Å²) in [7, 11) is 0. The molecule has 0 atom stereocenters. The minimum atomic E-state index is 0. The maximum Gasteiger partial charge on any atom is 0.191 e. The lowest BCUT2D eigenvalue weighted by atomic mass is 10.2. The quantitative estimate of drug-likeness (QED) is 0.286. The Morgan fingerprint density at radius 1 is 1.17 bits per heavy atom. The third-order valence-electron chi connectivity index (χ3n) is 3.29. The van der Waals surface area contributed by atoms with Crippen molar-refractivity contribution in [3.8, 4) is 5.75 Å². The number of nitrogens with zero attached hydrogens (tertiary/aromatic N) is 2. The van der Waals surface area contributed by atoms with E-state index in [-0.39, 0.29) is 24.0 Å². The second-order valence-corrected chi connectivity index (χ2v) is 5.27. The maximum absolute atomic E-state index is 5.73. The molecule has 0 fully saturated rings. The van der Waals surface area contributed by atoms with Crippen LogP contribution in [0.3, 0.4) is 0 Å². The predicted octanol–water partition coefficient (Wildman–Crippen LogP) is 3.05. The molecule has 1 aromatic heterocycles. The van der Waals surface area contributed by atoms with E-state index in [1.54, 1.807) is 0 Å². The van der Waals surface area contributed by atoms with Gasteiger partial charge in [0.2, 0.25) is 0 Å². The molecule has 24 heavy (non-hydrogen) atoms. The minimum Gasteiger partial charge on any atom is -0.492 e. The molecule has 1 aromatic carbocycles. The molecule has 5 nitrogen and oxygen atoms in total. The largest absolute Gasteiger partial charge is 0.492 e. The summed E-state index contributed by atoms with van der Waals surface area (Å²) in [5, 5.41) is 6.53. The molecule has 0 bridgehead atoms. The van der Waals surface area contributed by atoms with E-state index in [1.807, 2.05) is 42.7 Å². The first-order chi connectivity index (χ1) is 11.3. The Morgan fingerprint density at radius 2 is 1.96 bits per heavy atom. The van der Waals surface area contributed by atoms with Crippen LogP contribution in [0.4, 0.5) is 0 Å². The van der Waals surface area contributed by atoms with Gasteiger partial charge in [-0.3, -0.25) is 4.99 Å². The van der Waals surface area contributed by atoms with Crippen molar-refractivity contribution in [2.24, 2.45) is 4.99 Å². The van der Waals surface area contributed by atoms with Gasteiger partial charge < -0.3 is 19.9 Å². The van der Waals surface area contributed by atoms with Crippen LogP contribution in [0, 0.1) is 6.92 Å². The van der Waals surface area contributed by atoms with Crippen LogP contribution in [0.15, 0.2) is 53.8 Å². The standard InChI is InChI=1S/C18H26N4O.HI/c1-3-19-18(20-9-13-22-11-4-5-12-22)21-10-14-23-17-8-6-7-16(2)15-17;/h4-8,11-12,15H,3,9-10,13-14H2,1-2H3,(H2,19,20,21);1H. The van der Waals surface area contributed by atoms with Crippen molar-refractivity contribution >= 4 is 29.9 Å². The van der Waals surface area contributed by atoms with Crippen LogP contribution in [-0.2, 0) is 6.54 Å². The molecule has 0 spiro atoms. The lowest BCUT2D eigenvalue weighted by Crippen LogP contribution is -2.39. The lowest BCUT2D eigenvalue weighted by Gasteiger charge is -2.12. The molecule has 0 radical (unpaired) electrons. The van der Waals surface area contributed by atoms with E-state index in [2.05, 4.69) is 40.1 Å². The second kappa shape index (κ2) is 11.8. The zero-order valence-electron chi connectivity index (χ0n) is 14.4. The van der Waals surface area contributed by atoms with E-state index in [4.69, 9.17) is 4.74 Å². The molecular weight excluding hydrogens is 415 g/mol. The molecule has 2 aromatic rings. The first kappa shape index (κ1) is 20.3. The maximum atomic E-state index is 5.73. The van der Waals surface area contributed by atoms with Crippen LogP contribution in [0.2, 0.25) is 0 Å². The molecule has 6 heteroatoms. The highest BCUT2D eigenvalue weighted by atomic mass is 127. The Kier molecular flexibility index (Phi) is 9.98. The molecule has 0 amide bonds. The fraction of sp³-hybridized carbons (Fsp3) is 0.389. The highest BCUT2D eigenvalue weighted by Crippen LogP contribution is 2.11. The topological polar surface area (TPSA) is 50.6 Å². The van der Waals surface area contributed by atoms with Crippen LogP contribution >= 0.6 is 24.0 Å². The Hall–Kier alpha value is -1.70. The van der Waals surface area contributed by atoms with Gasteiger partial charge in [0.15, 0.2) is 5.96 Å². The number of aromatic nitrogens is 1. The van der Waals surface area contributed by atoms with Gasteiger partial charge in [-0.25, -0.2) is 0 Å². The predicted molar refractivity (Wildman–Crippen MR) is 111 cm³/mol. The lowest BCUT2D eigenvalue weighted by molar-refractivity contribution is 0.321. The number of guanidine groups is 1. The number of aryl methyl sites for hydroxylation is 1. The molecule has 0 aliphatic carbocycles. The van der Waals surface area contributed by atoms with Gasteiger partial charge in [-0.1, -0.05) is 12.1 Å². The van der Waals surface area contributed by atoms with E-state index in [1.165, 1.54) is 5.56 Å². The third-order valence-corrected chi connectivity index (χ3v) is 3.29. The molecular formula is C18H27IN4O. The summed E-state index contributed by atoms with van der Waals surface area (Å²) in [6.45, 7) is 7.90. The van der Waals surface area contributed by atoms with Gasteiger partial charge in [0, 0.05) is 25.5 Å². The highest BCUT2D eigenvalue weighted by Gasteiger charge is 1.98. The minimum absolute atomic E-state index is 0. The fourth-order valence-corrected chi connectivity index (χ4v) is 2.18. The summed E-state index contributed by atoms with van der Waals surface area (Å²) >= 11 is 0. The van der Waals surface area contributed by atoms with Crippen LogP contribution < -0.4 is 15.4 Å². The number of rotatable bonds is 8. The number of benzene rings is 1. The van der Waals surface area contributed by atoms with E-state index in [0.717, 1.165) is 31.3 Å². The van der Waals surface area contributed by atoms with E-state index >= 15 is 0 Å². The summed E-state index contributed by atoms with van der Waals surface area (Å²) in [4.78, 5) is 4.57. The van der Waals surface area contributed by atoms with Gasteiger partial charge >= 0.3 is 0 Å². The Labute approximate surface area is 161 Å². The molecule has 0 saturated carbocycles. The molecule has 0 aliphatic heterocycles. The summed E-state index contributed by atoms with van der Waals surface area (Å²) in [6.07, 6.45) is 4.09. The van der Waals surface area contributed by atoms with Crippen molar-refractivity contribution in [3.05, 3.63) is 54.4 Å². The SMILES string of the molecule is CCNC(=NCCn1cccc1)NCCOc1cccc(C)c1.I. The number of ether oxygens (including phenoxy) is 1. The fourth-order valence-electron chi connectivity index (χ4n) is 2.18. The molecule has 0 aliphatic rings. The van der Waals surface area contributed by atoms with Crippen molar-refractivity contribution in [3.63, 3.8) is 0 Å². The number of hydrogen-bond donors (Lipinski definition) is 2. The summed E-state index contributed by atoms with van der Waals surface area (Å²) in [5.41, 5.74) is 1.20. The summed E-state index contributed by atoms with van der Waals surface area (Å²) in [5.74, 6) is 1.73. The van der Waals surface area contributed by atoms with E-state index in [9.17, 15) is 0 Å². The van der Waals surface area contributed by atoms with Gasteiger partial charge in [-0.2, -0.15) is 0 Å². The van der Waals surface area contributed by atoms with Gasteiger partial charge in [-0.05, 0) is 43.7 Å². The summed E-state index contributed by atoms with van der Waals surface area (Å²) < 4.78 is 7.85. The third kappa shape index (κ3) is 7.72. The van der Waals surface area contributed by atoms with Crippen molar-refractivity contribution in [2.45, 2.75) is 20.4 Å². The molecule has 0 unspecified atom stereocenters. The Balaban J connectivity index is 0.00000288. The van der Waals surface area contributed by atoms with Crippen molar-refractivity contribution in [2.75, 3.05) is 26.2 Å². The number of halogens is 1. The van der Waals surface area contributed by atoms with Gasteiger partial charge in [-0.15, -0.1) is 24.0 Å². The van der Waals surface area contributed by atoms with E-state index < -0.39 is 0 Å². The van der Waals surface area contributed by atoms with Crippen molar-refractivity contribution < 1.29 is 4.74 Å². The zero-order valence-corrected chi connectivity index (χ0v) is 16.7. The number of aliphatic imine (C=N–C) groups is 1. The molecule has 0 saturated heterocycles. The normalized spacial score (nSPS) is 10.8. The van der Waals surface area contributed by atoms with Crippen molar-refractivity contribution in [1.29, 1.82) is 0 Å².